The number of rotatable bonds is 8. The minimum atomic E-state index is -0.854. The van der Waals surface area contributed by atoms with Gasteiger partial charge in [-0.15, -0.1) is 0 Å². The highest BCUT2D eigenvalue weighted by Gasteiger charge is 2.19. The van der Waals surface area contributed by atoms with Crippen LogP contribution in [0.3, 0.4) is 0 Å². The Morgan fingerprint density at radius 3 is 2.45 bits per heavy atom. The van der Waals surface area contributed by atoms with Crippen molar-refractivity contribution in [2.24, 2.45) is 0 Å². The van der Waals surface area contributed by atoms with Gasteiger partial charge in [-0.3, -0.25) is 14.9 Å². The fraction of sp³-hybridized carbons (Fsp3) is 0.0909. The van der Waals surface area contributed by atoms with Gasteiger partial charge in [-0.1, -0.05) is 42.1 Å². The number of ether oxygens (including phenoxy) is 2. The topological polar surface area (TPSA) is 108 Å². The summed E-state index contributed by atoms with van der Waals surface area (Å²) in [5.41, 5.74) is 0.158. The van der Waals surface area contributed by atoms with Gasteiger partial charge < -0.3 is 14.8 Å². The second-order valence-electron chi connectivity index (χ2n) is 6.18. The standard InChI is InChI=1S/C22H18N2O6S/c1-29-19-12-11-15(13-18(19)24(27)28)22(26)30-14-21(25)23-17-9-5-6-10-20(17)31-16-7-3-2-4-8-16/h2-13H,14H2,1H3,(H,23,25). The van der Waals surface area contributed by atoms with Crippen LogP contribution in [0.5, 0.6) is 5.75 Å². The molecule has 0 unspecified atom stereocenters. The lowest BCUT2D eigenvalue weighted by molar-refractivity contribution is -0.385. The molecule has 31 heavy (non-hydrogen) atoms. The number of nitrogens with zero attached hydrogens (tertiary/aromatic N) is 1. The molecule has 158 valence electrons. The van der Waals surface area contributed by atoms with Crippen LogP contribution in [0, 0.1) is 10.1 Å². The number of benzene rings is 3. The van der Waals surface area contributed by atoms with E-state index in [2.05, 4.69) is 5.32 Å². The number of carbonyl (C=O) groups excluding carboxylic acids is 2. The Bertz CT molecular complexity index is 1100. The Balaban J connectivity index is 1.63. The third-order valence-corrected chi connectivity index (χ3v) is 5.16. The number of para-hydroxylation sites is 1. The summed E-state index contributed by atoms with van der Waals surface area (Å²) in [5.74, 6) is -1.36. The van der Waals surface area contributed by atoms with Gasteiger partial charge in [0.1, 0.15) is 0 Å². The lowest BCUT2D eigenvalue weighted by atomic mass is 10.2. The van der Waals surface area contributed by atoms with Crippen LogP contribution in [0.15, 0.2) is 82.6 Å². The van der Waals surface area contributed by atoms with E-state index in [4.69, 9.17) is 9.47 Å². The number of nitro benzene ring substituents is 1. The Labute approximate surface area is 182 Å². The molecule has 0 atom stereocenters. The maximum absolute atomic E-state index is 12.3. The van der Waals surface area contributed by atoms with Crippen molar-refractivity contribution in [2.45, 2.75) is 9.79 Å². The molecule has 0 saturated heterocycles. The van der Waals surface area contributed by atoms with Crippen LogP contribution in [0.2, 0.25) is 0 Å². The molecular weight excluding hydrogens is 420 g/mol. The third-order valence-electron chi connectivity index (χ3n) is 4.08. The van der Waals surface area contributed by atoms with Crippen LogP contribution >= 0.6 is 11.8 Å². The average molecular weight is 438 g/mol. The lowest BCUT2D eigenvalue weighted by Crippen LogP contribution is -2.21. The maximum atomic E-state index is 12.3. The Hall–Kier alpha value is -3.85. The Morgan fingerprint density at radius 1 is 1.03 bits per heavy atom. The lowest BCUT2D eigenvalue weighted by Gasteiger charge is -2.11. The minimum Gasteiger partial charge on any atom is -0.490 e. The number of hydrogen-bond donors (Lipinski definition) is 1. The molecule has 0 radical (unpaired) electrons. The van der Waals surface area contributed by atoms with Gasteiger partial charge in [0.25, 0.3) is 5.91 Å². The normalized spacial score (nSPS) is 10.2. The summed E-state index contributed by atoms with van der Waals surface area (Å²) in [7, 11) is 1.29. The van der Waals surface area contributed by atoms with E-state index >= 15 is 0 Å². The smallest absolute Gasteiger partial charge is 0.338 e. The van der Waals surface area contributed by atoms with Gasteiger partial charge in [-0.2, -0.15) is 0 Å². The molecule has 0 aromatic heterocycles. The van der Waals surface area contributed by atoms with Crippen LogP contribution in [0.1, 0.15) is 10.4 Å². The Morgan fingerprint density at radius 2 is 1.74 bits per heavy atom. The fourth-order valence-corrected chi connectivity index (χ4v) is 3.56. The summed E-state index contributed by atoms with van der Waals surface area (Å²) in [6.07, 6.45) is 0. The number of esters is 1. The molecular formula is C22H18N2O6S. The van der Waals surface area contributed by atoms with Crippen molar-refractivity contribution in [3.8, 4) is 5.75 Å². The minimum absolute atomic E-state index is 0.0202. The zero-order valence-corrected chi connectivity index (χ0v) is 17.3. The van der Waals surface area contributed by atoms with Crippen molar-refractivity contribution >= 4 is 35.0 Å². The SMILES string of the molecule is COc1ccc(C(=O)OCC(=O)Nc2ccccc2Sc2ccccc2)cc1[N+](=O)[O-]. The molecule has 3 aromatic carbocycles. The summed E-state index contributed by atoms with van der Waals surface area (Å²) >= 11 is 1.49. The van der Waals surface area contributed by atoms with E-state index in [-0.39, 0.29) is 17.0 Å². The van der Waals surface area contributed by atoms with Gasteiger partial charge >= 0.3 is 11.7 Å². The number of hydrogen-bond acceptors (Lipinski definition) is 7. The number of carbonyl (C=O) groups is 2. The first-order valence-electron chi connectivity index (χ1n) is 9.09. The van der Waals surface area contributed by atoms with Crippen LogP contribution < -0.4 is 10.1 Å². The summed E-state index contributed by atoms with van der Waals surface area (Å²) < 4.78 is 9.91. The van der Waals surface area contributed by atoms with Gasteiger partial charge in [0.2, 0.25) is 0 Å². The van der Waals surface area contributed by atoms with E-state index < -0.39 is 23.4 Å². The zero-order chi connectivity index (χ0) is 22.2. The van der Waals surface area contributed by atoms with Gasteiger partial charge in [-0.05, 0) is 36.4 Å². The number of methoxy groups -OCH3 is 1. The molecule has 0 fully saturated rings. The van der Waals surface area contributed by atoms with Gasteiger partial charge in [-0.25, -0.2) is 4.79 Å². The highest BCUT2D eigenvalue weighted by molar-refractivity contribution is 7.99. The number of amides is 1. The molecule has 0 heterocycles. The molecule has 3 rings (SSSR count). The number of anilines is 1. The van der Waals surface area contributed by atoms with Crippen molar-refractivity contribution < 1.29 is 24.0 Å². The van der Waals surface area contributed by atoms with Gasteiger partial charge in [0, 0.05) is 15.9 Å². The van der Waals surface area contributed by atoms with Crippen molar-refractivity contribution in [1.82, 2.24) is 0 Å². The molecule has 0 saturated carbocycles. The third kappa shape index (κ3) is 5.83. The van der Waals surface area contributed by atoms with E-state index in [9.17, 15) is 19.7 Å². The molecule has 0 spiro atoms. The van der Waals surface area contributed by atoms with Crippen LogP contribution in [-0.4, -0.2) is 30.5 Å². The molecule has 0 aliphatic heterocycles. The summed E-state index contributed by atoms with van der Waals surface area (Å²) in [5, 5.41) is 13.8. The van der Waals surface area contributed by atoms with Crippen molar-refractivity contribution in [3.05, 3.63) is 88.5 Å². The zero-order valence-electron chi connectivity index (χ0n) is 16.4. The molecule has 0 aliphatic carbocycles. The molecule has 0 bridgehead atoms. The number of nitrogens with one attached hydrogen (secondary N) is 1. The second-order valence-corrected chi connectivity index (χ2v) is 7.29. The van der Waals surface area contributed by atoms with E-state index in [1.807, 2.05) is 42.5 Å². The highest BCUT2D eigenvalue weighted by Crippen LogP contribution is 2.33. The fourth-order valence-electron chi connectivity index (χ4n) is 2.63. The molecule has 3 aromatic rings. The first-order valence-corrected chi connectivity index (χ1v) is 9.91. The van der Waals surface area contributed by atoms with E-state index in [0.717, 1.165) is 15.9 Å². The largest absolute Gasteiger partial charge is 0.490 e. The first-order chi connectivity index (χ1) is 15.0. The summed E-state index contributed by atoms with van der Waals surface area (Å²) in [4.78, 5) is 36.8. The predicted octanol–water partition coefficient (Wildman–Crippen LogP) is 4.55. The monoisotopic (exact) mass is 438 g/mol. The Kier molecular flexibility index (Phi) is 7.23. The van der Waals surface area contributed by atoms with E-state index in [1.54, 1.807) is 12.1 Å². The van der Waals surface area contributed by atoms with Gasteiger partial charge in [0.15, 0.2) is 12.4 Å². The van der Waals surface area contributed by atoms with Crippen molar-refractivity contribution in [3.63, 3.8) is 0 Å². The predicted molar refractivity (Wildman–Crippen MR) is 116 cm³/mol. The quantitative estimate of drug-likeness (QED) is 0.312. The second kappa shape index (κ2) is 10.3. The maximum Gasteiger partial charge on any atom is 0.338 e. The molecule has 9 heteroatoms. The van der Waals surface area contributed by atoms with Crippen molar-refractivity contribution in [1.29, 1.82) is 0 Å². The van der Waals surface area contributed by atoms with E-state index in [1.165, 1.54) is 31.0 Å². The molecule has 1 N–H and O–H groups in total. The summed E-state index contributed by atoms with van der Waals surface area (Å²) in [6.45, 7) is -0.539. The van der Waals surface area contributed by atoms with Gasteiger partial charge in [0.05, 0.1) is 23.3 Å². The van der Waals surface area contributed by atoms with E-state index in [0.29, 0.717) is 5.69 Å². The van der Waals surface area contributed by atoms with Crippen molar-refractivity contribution in [2.75, 3.05) is 19.0 Å². The molecule has 1 amide bonds. The summed E-state index contributed by atoms with van der Waals surface area (Å²) in [6, 6.07) is 20.6. The van der Waals surface area contributed by atoms with Crippen LogP contribution in [0.25, 0.3) is 0 Å². The highest BCUT2D eigenvalue weighted by atomic mass is 32.2. The molecule has 0 aliphatic rings. The number of nitro groups is 1. The molecule has 8 nitrogen and oxygen atoms in total. The first kappa shape index (κ1) is 21.8. The van der Waals surface area contributed by atoms with Crippen LogP contribution in [-0.2, 0) is 9.53 Å². The average Bonchev–Trinajstić information content (AvgIpc) is 2.79. The van der Waals surface area contributed by atoms with Crippen LogP contribution in [0.4, 0.5) is 11.4 Å².